The number of piperidine rings is 1. The molecule has 0 aromatic carbocycles. The molecule has 1 aliphatic heterocycles. The van der Waals surface area contributed by atoms with Crippen LogP contribution in [0.15, 0.2) is 16.7 Å². The average Bonchev–Trinajstić information content (AvgIpc) is 3.16. The minimum absolute atomic E-state index is 0.00437. The van der Waals surface area contributed by atoms with Gasteiger partial charge in [-0.3, -0.25) is 9.36 Å². The molecule has 3 rings (SSSR count). The Balaban J connectivity index is 1.76. The average molecular weight is 360 g/mol. The predicted molar refractivity (Wildman–Crippen MR) is 98.8 cm³/mol. The predicted octanol–water partition coefficient (Wildman–Crippen LogP) is 2.14. The van der Waals surface area contributed by atoms with E-state index >= 15 is 0 Å². The summed E-state index contributed by atoms with van der Waals surface area (Å²) < 4.78 is 12.5. The van der Waals surface area contributed by atoms with Crippen molar-refractivity contribution in [3.8, 4) is 5.82 Å². The molecule has 2 aromatic heterocycles. The third-order valence-electron chi connectivity index (χ3n) is 5.26. The summed E-state index contributed by atoms with van der Waals surface area (Å²) in [6.07, 6.45) is 2.00. The van der Waals surface area contributed by atoms with Crippen molar-refractivity contribution in [1.29, 1.82) is 0 Å². The van der Waals surface area contributed by atoms with Gasteiger partial charge in [-0.1, -0.05) is 5.16 Å². The van der Waals surface area contributed by atoms with Crippen LogP contribution in [0.5, 0.6) is 0 Å². The van der Waals surface area contributed by atoms with E-state index in [0.29, 0.717) is 24.5 Å². The lowest BCUT2D eigenvalue weighted by Crippen LogP contribution is -2.47. The van der Waals surface area contributed by atoms with Gasteiger partial charge in [0.05, 0.1) is 12.2 Å². The molecule has 2 N–H and O–H groups in total. The Labute approximate surface area is 154 Å². The number of nitrogens with zero attached hydrogens (tertiary/aromatic N) is 2. The normalized spacial score (nSPS) is 16.6. The monoisotopic (exact) mass is 360 g/mol. The maximum Gasteiger partial charge on any atom is 0.253 e. The fourth-order valence-corrected chi connectivity index (χ4v) is 3.80. The van der Waals surface area contributed by atoms with E-state index in [1.165, 1.54) is 0 Å². The first kappa shape index (κ1) is 18.7. The van der Waals surface area contributed by atoms with Crippen LogP contribution in [0.25, 0.3) is 5.82 Å². The van der Waals surface area contributed by atoms with Gasteiger partial charge in [-0.05, 0) is 52.8 Å². The molecule has 2 aromatic rings. The van der Waals surface area contributed by atoms with Crippen molar-refractivity contribution < 1.29 is 14.1 Å². The lowest BCUT2D eigenvalue weighted by molar-refractivity contribution is 0.0511. The van der Waals surface area contributed by atoms with Crippen molar-refractivity contribution in [3.05, 3.63) is 34.8 Å². The fraction of sp³-hybridized carbons (Fsp3) is 0.579. The van der Waals surface area contributed by atoms with Gasteiger partial charge in [-0.2, -0.15) is 0 Å². The topological polar surface area (TPSA) is 81.3 Å². The highest BCUT2D eigenvalue weighted by Gasteiger charge is 2.33. The highest BCUT2D eigenvalue weighted by molar-refractivity contribution is 5.95. The molecule has 0 radical (unpaired) electrons. The molecule has 0 saturated carbocycles. The van der Waals surface area contributed by atoms with E-state index < -0.39 is 0 Å². The Morgan fingerprint density at radius 1 is 1.35 bits per heavy atom. The zero-order chi connectivity index (χ0) is 18.7. The van der Waals surface area contributed by atoms with Gasteiger partial charge in [-0.25, -0.2) is 0 Å². The molecule has 0 spiro atoms. The maximum atomic E-state index is 12.8. The molecule has 1 saturated heterocycles. The van der Waals surface area contributed by atoms with E-state index in [9.17, 15) is 4.79 Å². The Morgan fingerprint density at radius 2 is 2.08 bits per heavy atom. The molecule has 0 bridgehead atoms. The van der Waals surface area contributed by atoms with Gasteiger partial charge in [0.1, 0.15) is 5.76 Å². The van der Waals surface area contributed by atoms with E-state index in [2.05, 4.69) is 15.8 Å². The number of hydrogen-bond donors (Lipinski definition) is 2. The summed E-state index contributed by atoms with van der Waals surface area (Å²) in [5.41, 5.74) is 2.49. The van der Waals surface area contributed by atoms with Gasteiger partial charge in [-0.15, -0.1) is 0 Å². The zero-order valence-electron chi connectivity index (χ0n) is 16.0. The van der Waals surface area contributed by atoms with Gasteiger partial charge < -0.3 is 19.9 Å². The van der Waals surface area contributed by atoms with E-state index in [1.54, 1.807) is 7.11 Å². The molecule has 1 aliphatic rings. The standard InChI is InChI=1S/C19H28N4O3/c1-13-9-16(15(3)23(13)17-10-14(2)26-22-17)18(24)21-11-19(12-25-4)5-7-20-8-6-19/h9-10,20H,5-8,11-12H2,1-4H3,(H,21,24). The van der Waals surface area contributed by atoms with Gasteiger partial charge in [0.15, 0.2) is 5.82 Å². The number of hydrogen-bond acceptors (Lipinski definition) is 5. The van der Waals surface area contributed by atoms with Crippen LogP contribution in [-0.4, -0.2) is 49.0 Å². The Hall–Kier alpha value is -2.12. The second-order valence-electron chi connectivity index (χ2n) is 7.28. The summed E-state index contributed by atoms with van der Waals surface area (Å²) in [4.78, 5) is 12.8. The number of carbonyl (C=O) groups is 1. The van der Waals surface area contributed by atoms with Gasteiger partial charge >= 0.3 is 0 Å². The Bertz CT molecular complexity index is 766. The third kappa shape index (κ3) is 3.68. The number of ether oxygens (including phenoxy) is 1. The van der Waals surface area contributed by atoms with Crippen LogP contribution in [0.2, 0.25) is 0 Å². The summed E-state index contributed by atoms with van der Waals surface area (Å²) in [5.74, 6) is 1.38. The van der Waals surface area contributed by atoms with Crippen molar-refractivity contribution in [2.75, 3.05) is 33.4 Å². The molecular formula is C19H28N4O3. The molecule has 26 heavy (non-hydrogen) atoms. The highest BCUT2D eigenvalue weighted by atomic mass is 16.5. The summed E-state index contributed by atoms with van der Waals surface area (Å²) in [7, 11) is 1.72. The molecule has 7 nitrogen and oxygen atoms in total. The van der Waals surface area contributed by atoms with Crippen LogP contribution in [0.3, 0.4) is 0 Å². The van der Waals surface area contributed by atoms with Crippen molar-refractivity contribution >= 4 is 5.91 Å². The number of carbonyl (C=O) groups excluding carboxylic acids is 1. The van der Waals surface area contributed by atoms with Crippen LogP contribution in [0.1, 0.15) is 40.3 Å². The van der Waals surface area contributed by atoms with Crippen molar-refractivity contribution in [2.24, 2.45) is 5.41 Å². The lowest BCUT2D eigenvalue weighted by atomic mass is 9.79. The molecule has 7 heteroatoms. The van der Waals surface area contributed by atoms with Gasteiger partial charge in [0.2, 0.25) is 0 Å². The quantitative estimate of drug-likeness (QED) is 0.825. The second kappa shape index (κ2) is 7.63. The smallest absolute Gasteiger partial charge is 0.253 e. The zero-order valence-corrected chi connectivity index (χ0v) is 16.0. The van der Waals surface area contributed by atoms with E-state index in [4.69, 9.17) is 9.26 Å². The fourth-order valence-electron chi connectivity index (χ4n) is 3.80. The molecule has 142 valence electrons. The number of nitrogens with one attached hydrogen (secondary N) is 2. The van der Waals surface area contributed by atoms with Crippen LogP contribution < -0.4 is 10.6 Å². The van der Waals surface area contributed by atoms with Crippen molar-refractivity contribution in [2.45, 2.75) is 33.6 Å². The Morgan fingerprint density at radius 3 is 2.69 bits per heavy atom. The molecule has 0 atom stereocenters. The molecule has 0 aliphatic carbocycles. The number of methoxy groups -OCH3 is 1. The van der Waals surface area contributed by atoms with Crippen LogP contribution in [-0.2, 0) is 4.74 Å². The number of amides is 1. The van der Waals surface area contributed by atoms with Crippen molar-refractivity contribution in [1.82, 2.24) is 20.4 Å². The third-order valence-corrected chi connectivity index (χ3v) is 5.26. The number of aryl methyl sites for hydroxylation is 2. The van der Waals surface area contributed by atoms with Gasteiger partial charge in [0, 0.05) is 36.5 Å². The van der Waals surface area contributed by atoms with Crippen molar-refractivity contribution in [3.63, 3.8) is 0 Å². The van der Waals surface area contributed by atoms with Crippen LogP contribution in [0.4, 0.5) is 0 Å². The molecule has 3 heterocycles. The van der Waals surface area contributed by atoms with Crippen LogP contribution in [0, 0.1) is 26.2 Å². The highest BCUT2D eigenvalue weighted by Crippen LogP contribution is 2.28. The maximum absolute atomic E-state index is 12.8. The van der Waals surface area contributed by atoms with Gasteiger partial charge in [0.25, 0.3) is 5.91 Å². The largest absolute Gasteiger partial charge is 0.384 e. The summed E-state index contributed by atoms with van der Waals surface area (Å²) in [5, 5.41) is 10.6. The SMILES string of the molecule is COCC1(CNC(=O)c2cc(C)n(-c3cc(C)on3)c2C)CCNCC1. The van der Waals surface area contributed by atoms with E-state index in [0.717, 1.165) is 43.1 Å². The minimum Gasteiger partial charge on any atom is -0.384 e. The first-order valence-electron chi connectivity index (χ1n) is 9.06. The molecule has 1 amide bonds. The number of aromatic nitrogens is 2. The van der Waals surface area contributed by atoms with E-state index in [1.807, 2.05) is 37.5 Å². The lowest BCUT2D eigenvalue weighted by Gasteiger charge is -2.37. The minimum atomic E-state index is -0.0569. The summed E-state index contributed by atoms with van der Waals surface area (Å²) >= 11 is 0. The molecular weight excluding hydrogens is 332 g/mol. The number of rotatable bonds is 6. The summed E-state index contributed by atoms with van der Waals surface area (Å²) in [6.45, 7) is 8.94. The summed E-state index contributed by atoms with van der Waals surface area (Å²) in [6, 6.07) is 3.77. The van der Waals surface area contributed by atoms with Crippen LogP contribution >= 0.6 is 0 Å². The van der Waals surface area contributed by atoms with E-state index in [-0.39, 0.29) is 11.3 Å². The second-order valence-corrected chi connectivity index (χ2v) is 7.28. The first-order chi connectivity index (χ1) is 12.5. The first-order valence-corrected chi connectivity index (χ1v) is 9.06. The molecule has 1 fully saturated rings. The Kier molecular flexibility index (Phi) is 5.48. The molecule has 0 unspecified atom stereocenters.